The van der Waals surface area contributed by atoms with Crippen molar-refractivity contribution in [2.24, 2.45) is 0 Å². The molecule has 0 N–H and O–H groups in total. The molecule has 2 heteroatoms. The van der Waals surface area contributed by atoms with E-state index in [2.05, 4.69) is 147 Å². The number of benzene rings is 5. The molecule has 0 radical (unpaired) electrons. The first-order valence-corrected chi connectivity index (χ1v) is 14.8. The molecule has 0 saturated carbocycles. The molecule has 0 spiro atoms. The Balaban J connectivity index is 1.63. The van der Waals surface area contributed by atoms with Crippen LogP contribution in [-0.4, -0.2) is 9.97 Å². The van der Waals surface area contributed by atoms with Crippen LogP contribution in [-0.2, 0) is 12.8 Å². The van der Waals surface area contributed by atoms with E-state index in [1.54, 1.807) is 0 Å². The summed E-state index contributed by atoms with van der Waals surface area (Å²) in [4.78, 5) is 10.8. The van der Waals surface area contributed by atoms with Gasteiger partial charge >= 0.3 is 0 Å². The Morgan fingerprint density at radius 3 is 1.19 bits per heavy atom. The van der Waals surface area contributed by atoms with Gasteiger partial charge in [-0.2, -0.15) is 0 Å². The Bertz CT molecular complexity index is 1890. The Morgan fingerprint density at radius 2 is 0.786 bits per heavy atom. The van der Waals surface area contributed by atoms with Crippen molar-refractivity contribution in [1.82, 2.24) is 9.97 Å². The maximum atomic E-state index is 5.42. The zero-order valence-corrected chi connectivity index (χ0v) is 24.0. The van der Waals surface area contributed by atoms with Crippen LogP contribution in [0, 0.1) is 0 Å². The number of hydrogen-bond donors (Lipinski definition) is 0. The number of aryl methyl sites for hydroxylation is 2. The van der Waals surface area contributed by atoms with E-state index >= 15 is 0 Å². The fraction of sp³-hybridized carbons (Fsp3) is 0.100. The highest BCUT2D eigenvalue weighted by molar-refractivity contribution is 6.13. The van der Waals surface area contributed by atoms with Gasteiger partial charge in [0.1, 0.15) is 0 Å². The van der Waals surface area contributed by atoms with Crippen molar-refractivity contribution in [2.45, 2.75) is 26.7 Å². The Hall–Kier alpha value is -5.08. The standard InChI is InChI=1S/C40H32N2/c1-3-27-15-11-13-21-31(27)37-25-35(29-17-7-5-8-18-29)33-23-24-34-36(30-19-9-6-10-20-30)26-38(42-40(34)39(33)41-37)32-22-14-12-16-28(32)4-2/h5-26H,3-4H2,1-2H3. The topological polar surface area (TPSA) is 25.8 Å². The summed E-state index contributed by atoms with van der Waals surface area (Å²) in [7, 11) is 0. The molecule has 7 aromatic rings. The number of rotatable bonds is 6. The zero-order valence-electron chi connectivity index (χ0n) is 24.0. The van der Waals surface area contributed by atoms with Gasteiger partial charge in [-0.3, -0.25) is 0 Å². The van der Waals surface area contributed by atoms with E-state index < -0.39 is 0 Å². The van der Waals surface area contributed by atoms with Crippen LogP contribution in [0.2, 0.25) is 0 Å². The third-order valence-corrected chi connectivity index (χ3v) is 8.28. The average Bonchev–Trinajstić information content (AvgIpc) is 3.07. The van der Waals surface area contributed by atoms with Crippen LogP contribution in [0.25, 0.3) is 66.6 Å². The summed E-state index contributed by atoms with van der Waals surface area (Å²) in [5, 5.41) is 2.22. The molecule has 0 aliphatic heterocycles. The molecule has 0 fully saturated rings. The summed E-state index contributed by atoms with van der Waals surface area (Å²) >= 11 is 0. The molecule has 5 aromatic carbocycles. The van der Waals surface area contributed by atoms with Gasteiger partial charge < -0.3 is 0 Å². The SMILES string of the molecule is CCc1ccccc1-c1cc(-c2ccccc2)c2ccc3c(-c4ccccc4)cc(-c4ccccc4CC)nc3c2n1. The quantitative estimate of drug-likeness (QED) is 0.196. The summed E-state index contributed by atoms with van der Waals surface area (Å²) in [6.07, 6.45) is 1.89. The van der Waals surface area contributed by atoms with E-state index in [1.165, 1.54) is 44.5 Å². The minimum absolute atomic E-state index is 0.933. The van der Waals surface area contributed by atoms with Crippen molar-refractivity contribution >= 4 is 21.8 Å². The predicted molar refractivity (Wildman–Crippen MR) is 178 cm³/mol. The minimum Gasteiger partial charge on any atom is -0.245 e. The first-order chi connectivity index (χ1) is 20.7. The molecule has 42 heavy (non-hydrogen) atoms. The molecule has 2 aromatic heterocycles. The van der Waals surface area contributed by atoms with Crippen LogP contribution in [0.3, 0.4) is 0 Å². The van der Waals surface area contributed by atoms with Crippen molar-refractivity contribution in [3.8, 4) is 44.8 Å². The molecule has 0 aliphatic rings. The van der Waals surface area contributed by atoms with Gasteiger partial charge in [-0.1, -0.05) is 135 Å². The van der Waals surface area contributed by atoms with Gasteiger partial charge in [0, 0.05) is 21.9 Å². The number of fused-ring (bicyclic) bond motifs is 3. The van der Waals surface area contributed by atoms with E-state index in [0.29, 0.717) is 0 Å². The van der Waals surface area contributed by atoms with Crippen LogP contribution in [0.4, 0.5) is 0 Å². The van der Waals surface area contributed by atoms with Crippen LogP contribution < -0.4 is 0 Å². The van der Waals surface area contributed by atoms with Gasteiger partial charge in [-0.15, -0.1) is 0 Å². The van der Waals surface area contributed by atoms with Gasteiger partial charge in [0.15, 0.2) is 0 Å². The predicted octanol–water partition coefficient (Wildman–Crippen LogP) is 10.6. The molecule has 0 aliphatic carbocycles. The van der Waals surface area contributed by atoms with Crippen molar-refractivity contribution in [1.29, 1.82) is 0 Å². The molecule has 0 saturated heterocycles. The van der Waals surface area contributed by atoms with Gasteiger partial charge in [-0.05, 0) is 58.4 Å². The highest BCUT2D eigenvalue weighted by Gasteiger charge is 2.18. The fourth-order valence-electron chi connectivity index (χ4n) is 6.12. The second kappa shape index (κ2) is 11.1. The van der Waals surface area contributed by atoms with E-state index in [-0.39, 0.29) is 0 Å². The lowest BCUT2D eigenvalue weighted by Gasteiger charge is -2.17. The van der Waals surface area contributed by atoms with Gasteiger partial charge in [-0.25, -0.2) is 9.97 Å². The molecule has 7 rings (SSSR count). The van der Waals surface area contributed by atoms with Crippen molar-refractivity contribution in [3.05, 3.63) is 145 Å². The third kappa shape index (κ3) is 4.55. The van der Waals surface area contributed by atoms with E-state index in [1.807, 2.05) is 0 Å². The monoisotopic (exact) mass is 540 g/mol. The normalized spacial score (nSPS) is 11.3. The van der Waals surface area contributed by atoms with Gasteiger partial charge in [0.2, 0.25) is 0 Å². The van der Waals surface area contributed by atoms with Crippen LogP contribution in [0.5, 0.6) is 0 Å². The molecule has 2 nitrogen and oxygen atoms in total. The molecule has 0 bridgehead atoms. The Kier molecular flexibility index (Phi) is 6.81. The lowest BCUT2D eigenvalue weighted by atomic mass is 9.92. The van der Waals surface area contributed by atoms with E-state index in [4.69, 9.17) is 9.97 Å². The van der Waals surface area contributed by atoms with E-state index in [9.17, 15) is 0 Å². The maximum Gasteiger partial charge on any atom is 0.0978 e. The molecule has 0 unspecified atom stereocenters. The lowest BCUT2D eigenvalue weighted by Crippen LogP contribution is -1.97. The summed E-state index contributed by atoms with van der Waals surface area (Å²) < 4.78 is 0. The second-order valence-electron chi connectivity index (χ2n) is 10.7. The van der Waals surface area contributed by atoms with Crippen LogP contribution in [0.1, 0.15) is 25.0 Å². The average molecular weight is 541 g/mol. The van der Waals surface area contributed by atoms with Crippen LogP contribution >= 0.6 is 0 Å². The fourth-order valence-corrected chi connectivity index (χ4v) is 6.12. The van der Waals surface area contributed by atoms with Gasteiger partial charge in [0.25, 0.3) is 0 Å². The summed E-state index contributed by atoms with van der Waals surface area (Å²) in [5.74, 6) is 0. The Labute approximate surface area is 247 Å². The maximum absolute atomic E-state index is 5.42. The summed E-state index contributed by atoms with van der Waals surface area (Å²) in [6, 6.07) is 47.5. The molecular weight excluding hydrogens is 508 g/mol. The second-order valence-corrected chi connectivity index (χ2v) is 10.7. The highest BCUT2D eigenvalue weighted by Crippen LogP contribution is 2.40. The molecule has 0 atom stereocenters. The smallest absolute Gasteiger partial charge is 0.0978 e. The number of hydrogen-bond acceptors (Lipinski definition) is 2. The third-order valence-electron chi connectivity index (χ3n) is 8.28. The van der Waals surface area contributed by atoms with Crippen molar-refractivity contribution < 1.29 is 0 Å². The first-order valence-electron chi connectivity index (χ1n) is 14.8. The minimum atomic E-state index is 0.933. The zero-order chi connectivity index (χ0) is 28.5. The molecule has 0 amide bonds. The first kappa shape index (κ1) is 25.9. The molecular formula is C40H32N2. The van der Waals surface area contributed by atoms with E-state index in [0.717, 1.165) is 46.0 Å². The Morgan fingerprint density at radius 1 is 0.405 bits per heavy atom. The summed E-state index contributed by atoms with van der Waals surface area (Å²) in [5.41, 5.74) is 13.5. The largest absolute Gasteiger partial charge is 0.245 e. The van der Waals surface area contributed by atoms with Crippen LogP contribution in [0.15, 0.2) is 133 Å². The molecule has 202 valence electrons. The molecule has 2 heterocycles. The summed E-state index contributed by atoms with van der Waals surface area (Å²) in [6.45, 7) is 4.41. The highest BCUT2D eigenvalue weighted by atomic mass is 14.8. The van der Waals surface area contributed by atoms with Gasteiger partial charge in [0.05, 0.1) is 22.4 Å². The van der Waals surface area contributed by atoms with Crippen molar-refractivity contribution in [2.75, 3.05) is 0 Å². The lowest BCUT2D eigenvalue weighted by molar-refractivity contribution is 1.14. The van der Waals surface area contributed by atoms with Crippen molar-refractivity contribution in [3.63, 3.8) is 0 Å². The number of pyridine rings is 2. The number of nitrogens with zero attached hydrogens (tertiary/aromatic N) is 2. The number of aromatic nitrogens is 2.